The summed E-state index contributed by atoms with van der Waals surface area (Å²) in [5, 5.41) is 8.26. The van der Waals surface area contributed by atoms with Gasteiger partial charge in [-0.15, -0.1) is 0 Å². The molecule has 0 unspecified atom stereocenters. The minimum absolute atomic E-state index is 0.890. The number of hydrogen-bond acceptors (Lipinski definition) is 2. The van der Waals surface area contributed by atoms with E-state index in [1.807, 2.05) is 0 Å². The number of nitrogens with zero attached hydrogens (tertiary/aromatic N) is 4. The van der Waals surface area contributed by atoms with Crippen molar-refractivity contribution in [2.24, 2.45) is 0 Å². The molecule has 0 N–H and O–H groups in total. The van der Waals surface area contributed by atoms with Gasteiger partial charge in [0.15, 0.2) is 5.65 Å². The Hall–Kier alpha value is -7.04. The maximum atomic E-state index is 5.46. The molecule has 52 heavy (non-hydrogen) atoms. The van der Waals surface area contributed by atoms with Crippen LogP contribution in [0.5, 0.6) is 0 Å². The molecule has 0 aliphatic carbocycles. The van der Waals surface area contributed by atoms with Crippen LogP contribution in [0.4, 0.5) is 0 Å². The van der Waals surface area contributed by atoms with E-state index < -0.39 is 0 Å². The molecule has 4 heteroatoms. The van der Waals surface area contributed by atoms with Crippen LogP contribution >= 0.6 is 0 Å². The van der Waals surface area contributed by atoms with Crippen molar-refractivity contribution in [3.63, 3.8) is 0 Å². The molecule has 0 saturated carbocycles. The molecule has 4 heterocycles. The highest BCUT2D eigenvalue weighted by atomic mass is 15.0. The van der Waals surface area contributed by atoms with Crippen molar-refractivity contribution < 1.29 is 0 Å². The molecule has 0 atom stereocenters. The largest absolute Gasteiger partial charge is 0.309 e. The molecule has 0 saturated heterocycles. The van der Waals surface area contributed by atoms with Crippen molar-refractivity contribution in [1.29, 1.82) is 0 Å². The first-order valence-corrected chi connectivity index (χ1v) is 17.8. The lowest BCUT2D eigenvalue weighted by molar-refractivity contribution is 1.19. The molecule has 0 spiro atoms. The summed E-state index contributed by atoms with van der Waals surface area (Å²) in [5.74, 6) is 0. The average Bonchev–Trinajstić information content (AvgIpc) is 3.84. The average molecular weight is 661 g/mol. The van der Waals surface area contributed by atoms with Crippen LogP contribution in [0.15, 0.2) is 170 Å². The van der Waals surface area contributed by atoms with Crippen molar-refractivity contribution in [2.75, 3.05) is 0 Å². The first-order valence-electron chi connectivity index (χ1n) is 17.8. The number of hydrogen-bond donors (Lipinski definition) is 0. The second-order valence-corrected chi connectivity index (χ2v) is 13.8. The third kappa shape index (κ3) is 3.75. The number of benzene rings is 8. The summed E-state index contributed by atoms with van der Waals surface area (Å²) < 4.78 is 4.79. The standard InChI is InChI=1S/C48H28N4/c1-3-11-29(12-4-1)32-19-22-37-38-23-20-33(30-13-5-2-6-14-30)26-44(38)51(43(37)25-32)34-27-39-36-17-9-10-18-42(36)52-47(39)40(28-34)46-48(52)49-41-24-21-31-15-7-8-16-35(31)45(41)50-46/h1-28H. The predicted molar refractivity (Wildman–Crippen MR) is 217 cm³/mol. The molecule has 12 aromatic rings. The maximum Gasteiger partial charge on any atom is 0.165 e. The normalized spacial score (nSPS) is 12.2. The van der Waals surface area contributed by atoms with Gasteiger partial charge >= 0.3 is 0 Å². The quantitative estimate of drug-likeness (QED) is 0.177. The zero-order valence-electron chi connectivity index (χ0n) is 28.0. The van der Waals surface area contributed by atoms with Crippen LogP contribution in [0.3, 0.4) is 0 Å². The van der Waals surface area contributed by atoms with Crippen LogP contribution in [0, 0.1) is 0 Å². The second kappa shape index (κ2) is 10.3. The SMILES string of the molecule is c1ccc(-c2ccc3c4ccc(-c5ccccc5)cc4n(-c4cc5c6ccccc6n6c7nc8ccc9ccccc9c8nc7c(c4)c56)c3c2)cc1. The highest BCUT2D eigenvalue weighted by molar-refractivity contribution is 6.24. The molecule has 4 nitrogen and oxygen atoms in total. The molecule has 4 aromatic heterocycles. The van der Waals surface area contributed by atoms with Crippen LogP contribution < -0.4 is 0 Å². The van der Waals surface area contributed by atoms with Gasteiger partial charge in [0.05, 0.1) is 33.1 Å². The molecule has 0 bridgehead atoms. The van der Waals surface area contributed by atoms with Crippen molar-refractivity contribution in [2.45, 2.75) is 0 Å². The molecule has 240 valence electrons. The van der Waals surface area contributed by atoms with Crippen molar-refractivity contribution >= 4 is 82.0 Å². The Labute approximate surface area is 297 Å². The zero-order valence-corrected chi connectivity index (χ0v) is 28.0. The Morgan fingerprint density at radius 2 is 0.962 bits per heavy atom. The molecule has 0 amide bonds. The van der Waals surface area contributed by atoms with E-state index in [1.165, 1.54) is 60.2 Å². The van der Waals surface area contributed by atoms with Crippen LogP contribution in [0.25, 0.3) is 110 Å². The molecule has 12 rings (SSSR count). The lowest BCUT2D eigenvalue weighted by Gasteiger charge is -2.11. The Balaban J connectivity index is 1.24. The summed E-state index contributed by atoms with van der Waals surface area (Å²) in [6, 6.07) is 61.3. The lowest BCUT2D eigenvalue weighted by atomic mass is 10.0. The summed E-state index contributed by atoms with van der Waals surface area (Å²) in [6.07, 6.45) is 0. The van der Waals surface area contributed by atoms with Gasteiger partial charge in [-0.25, -0.2) is 9.97 Å². The number of rotatable bonds is 3. The fourth-order valence-electron chi connectivity index (χ4n) is 8.65. The molecule has 0 aliphatic heterocycles. The van der Waals surface area contributed by atoms with Gasteiger partial charge in [0.1, 0.15) is 5.52 Å². The summed E-state index contributed by atoms with van der Waals surface area (Å²) in [6.45, 7) is 0. The Bertz CT molecular complexity index is 3290. The highest BCUT2D eigenvalue weighted by Gasteiger charge is 2.23. The maximum absolute atomic E-state index is 5.46. The van der Waals surface area contributed by atoms with E-state index in [4.69, 9.17) is 9.97 Å². The van der Waals surface area contributed by atoms with Crippen LogP contribution in [-0.2, 0) is 0 Å². The molecular formula is C48H28N4. The Morgan fingerprint density at radius 1 is 0.365 bits per heavy atom. The summed E-state index contributed by atoms with van der Waals surface area (Å²) >= 11 is 0. The molecule has 0 radical (unpaired) electrons. The number of fused-ring (bicyclic) bond motifs is 12. The first kappa shape index (κ1) is 27.7. The zero-order chi connectivity index (χ0) is 33.9. The van der Waals surface area contributed by atoms with Gasteiger partial charge < -0.3 is 4.57 Å². The first-order chi connectivity index (χ1) is 25.8. The van der Waals surface area contributed by atoms with Crippen molar-refractivity contribution in [3.8, 4) is 27.9 Å². The third-order valence-electron chi connectivity index (χ3n) is 11.0. The van der Waals surface area contributed by atoms with E-state index in [9.17, 15) is 0 Å². The summed E-state index contributed by atoms with van der Waals surface area (Å²) in [5.41, 5.74) is 14.2. The second-order valence-electron chi connectivity index (χ2n) is 13.8. The minimum atomic E-state index is 0.890. The fraction of sp³-hybridized carbons (Fsp3) is 0. The topological polar surface area (TPSA) is 35.1 Å². The van der Waals surface area contributed by atoms with E-state index >= 15 is 0 Å². The van der Waals surface area contributed by atoms with Crippen LogP contribution in [0.2, 0.25) is 0 Å². The number of aromatic nitrogens is 4. The van der Waals surface area contributed by atoms with Crippen LogP contribution in [-0.4, -0.2) is 18.9 Å². The van der Waals surface area contributed by atoms with Crippen molar-refractivity contribution in [3.05, 3.63) is 170 Å². The third-order valence-corrected chi connectivity index (χ3v) is 11.0. The van der Waals surface area contributed by atoms with E-state index in [0.29, 0.717) is 0 Å². The minimum Gasteiger partial charge on any atom is -0.309 e. The van der Waals surface area contributed by atoms with Crippen LogP contribution in [0.1, 0.15) is 0 Å². The summed E-state index contributed by atoms with van der Waals surface area (Å²) in [7, 11) is 0. The molecular weight excluding hydrogens is 633 g/mol. The van der Waals surface area contributed by atoms with E-state index in [0.717, 1.165) is 49.7 Å². The molecule has 8 aromatic carbocycles. The van der Waals surface area contributed by atoms with Gasteiger partial charge in [0, 0.05) is 38.0 Å². The fourth-order valence-corrected chi connectivity index (χ4v) is 8.65. The number of para-hydroxylation sites is 1. The summed E-state index contributed by atoms with van der Waals surface area (Å²) in [4.78, 5) is 10.8. The van der Waals surface area contributed by atoms with Gasteiger partial charge in [-0.2, -0.15) is 0 Å². The smallest absolute Gasteiger partial charge is 0.165 e. The monoisotopic (exact) mass is 660 g/mol. The predicted octanol–water partition coefficient (Wildman–Crippen LogP) is 12.4. The molecule has 0 aliphatic rings. The Morgan fingerprint density at radius 3 is 1.67 bits per heavy atom. The lowest BCUT2D eigenvalue weighted by Crippen LogP contribution is -1.95. The van der Waals surface area contributed by atoms with Crippen molar-refractivity contribution in [1.82, 2.24) is 18.9 Å². The van der Waals surface area contributed by atoms with Gasteiger partial charge in [-0.1, -0.05) is 133 Å². The Kier molecular flexibility index (Phi) is 5.47. The van der Waals surface area contributed by atoms with Gasteiger partial charge in [-0.3, -0.25) is 4.40 Å². The van der Waals surface area contributed by atoms with E-state index in [2.05, 4.69) is 179 Å². The van der Waals surface area contributed by atoms with E-state index in [1.54, 1.807) is 0 Å². The highest BCUT2D eigenvalue weighted by Crippen LogP contribution is 2.43. The van der Waals surface area contributed by atoms with E-state index in [-0.39, 0.29) is 0 Å². The van der Waals surface area contributed by atoms with Gasteiger partial charge in [-0.05, 0) is 64.0 Å². The van der Waals surface area contributed by atoms with Gasteiger partial charge in [0.25, 0.3) is 0 Å². The van der Waals surface area contributed by atoms with Gasteiger partial charge in [0.2, 0.25) is 0 Å². The molecule has 0 fully saturated rings.